The molecular formula is C13H18BrN5O. The molecule has 0 aliphatic rings. The quantitative estimate of drug-likeness (QED) is 0.782. The maximum Gasteiger partial charge on any atom is 0.212 e. The lowest BCUT2D eigenvalue weighted by Gasteiger charge is -2.12. The monoisotopic (exact) mass is 339 g/mol. The third-order valence-electron chi connectivity index (χ3n) is 2.69. The summed E-state index contributed by atoms with van der Waals surface area (Å²) < 4.78 is 6.76. The number of para-hydroxylation sites is 1. The number of ether oxygens (including phenoxy) is 1. The highest BCUT2D eigenvalue weighted by molar-refractivity contribution is 9.10. The summed E-state index contributed by atoms with van der Waals surface area (Å²) in [6.45, 7) is 4.20. The number of rotatable bonds is 7. The Balaban J connectivity index is 2.04. The number of nitrogens with one attached hydrogen (secondary N) is 1. The first-order valence-electron chi connectivity index (χ1n) is 6.54. The molecule has 0 saturated heterocycles. The minimum absolute atomic E-state index is 0.303. The Morgan fingerprint density at radius 2 is 2.25 bits per heavy atom. The van der Waals surface area contributed by atoms with Gasteiger partial charge >= 0.3 is 0 Å². The number of tetrazole rings is 1. The maximum atomic E-state index is 5.83. The Kier molecular flexibility index (Phi) is 5.49. The molecule has 0 amide bonds. The fraction of sp³-hybridized carbons (Fsp3) is 0.462. The van der Waals surface area contributed by atoms with Crippen molar-refractivity contribution in [2.45, 2.75) is 26.5 Å². The first-order chi connectivity index (χ1) is 9.70. The first-order valence-corrected chi connectivity index (χ1v) is 7.33. The number of hydrogen-bond donors (Lipinski definition) is 1. The van der Waals surface area contributed by atoms with E-state index in [1.54, 1.807) is 7.05 Å². The highest BCUT2D eigenvalue weighted by Gasteiger charge is 2.10. The molecule has 108 valence electrons. The van der Waals surface area contributed by atoms with Crippen LogP contribution in [0.15, 0.2) is 22.7 Å². The Bertz CT molecular complexity index is 557. The van der Waals surface area contributed by atoms with Crippen molar-refractivity contribution in [3.05, 3.63) is 34.1 Å². The van der Waals surface area contributed by atoms with Crippen LogP contribution in [0.1, 0.15) is 24.7 Å². The molecule has 1 heterocycles. The molecule has 0 atom stereocenters. The SMILES string of the molecule is CCCNCc1cccc(Br)c1OCc1nnn(C)n1. The van der Waals surface area contributed by atoms with Crippen molar-refractivity contribution in [3.63, 3.8) is 0 Å². The van der Waals surface area contributed by atoms with Crippen molar-refractivity contribution in [1.29, 1.82) is 0 Å². The standard InChI is InChI=1S/C13H18BrN5O/c1-3-7-15-8-10-5-4-6-11(14)13(10)20-9-12-16-18-19(2)17-12/h4-6,15H,3,7-9H2,1-2H3. The van der Waals surface area contributed by atoms with Crippen LogP contribution in [0.3, 0.4) is 0 Å². The molecule has 1 aromatic carbocycles. The van der Waals surface area contributed by atoms with Crippen molar-refractivity contribution in [2.24, 2.45) is 7.05 Å². The zero-order chi connectivity index (χ0) is 14.4. The van der Waals surface area contributed by atoms with Gasteiger partial charge in [-0.05, 0) is 40.2 Å². The largest absolute Gasteiger partial charge is 0.484 e. The van der Waals surface area contributed by atoms with Crippen LogP contribution in [0.4, 0.5) is 0 Å². The van der Waals surface area contributed by atoms with Gasteiger partial charge in [0.1, 0.15) is 5.75 Å². The molecule has 6 nitrogen and oxygen atoms in total. The lowest BCUT2D eigenvalue weighted by molar-refractivity contribution is 0.289. The van der Waals surface area contributed by atoms with Gasteiger partial charge in [-0.25, -0.2) is 0 Å². The Labute approximate surface area is 126 Å². The second-order valence-electron chi connectivity index (χ2n) is 4.39. The maximum absolute atomic E-state index is 5.83. The second kappa shape index (κ2) is 7.35. The molecule has 0 spiro atoms. The molecule has 0 radical (unpaired) electrons. The highest BCUT2D eigenvalue weighted by Crippen LogP contribution is 2.29. The lowest BCUT2D eigenvalue weighted by atomic mass is 10.2. The number of benzene rings is 1. The van der Waals surface area contributed by atoms with Crippen molar-refractivity contribution >= 4 is 15.9 Å². The summed E-state index contributed by atoms with van der Waals surface area (Å²) in [5.74, 6) is 1.39. The number of halogens is 1. The Hall–Kier alpha value is -1.47. The van der Waals surface area contributed by atoms with Gasteiger partial charge in [-0.3, -0.25) is 0 Å². The number of hydrogen-bond acceptors (Lipinski definition) is 5. The smallest absolute Gasteiger partial charge is 0.212 e. The van der Waals surface area contributed by atoms with Crippen LogP contribution in [0.2, 0.25) is 0 Å². The molecule has 1 aromatic heterocycles. The second-order valence-corrected chi connectivity index (χ2v) is 5.24. The van der Waals surface area contributed by atoms with E-state index in [0.29, 0.717) is 12.4 Å². The zero-order valence-electron chi connectivity index (χ0n) is 11.6. The zero-order valence-corrected chi connectivity index (χ0v) is 13.2. The number of aromatic nitrogens is 4. The van der Waals surface area contributed by atoms with Gasteiger partial charge in [0.15, 0.2) is 6.61 Å². The Morgan fingerprint density at radius 3 is 2.95 bits per heavy atom. The third-order valence-corrected chi connectivity index (χ3v) is 3.31. The third kappa shape index (κ3) is 4.01. The van der Waals surface area contributed by atoms with Crippen molar-refractivity contribution < 1.29 is 4.74 Å². The summed E-state index contributed by atoms with van der Waals surface area (Å²) in [7, 11) is 1.73. The molecule has 0 aliphatic heterocycles. The molecule has 0 fully saturated rings. The summed E-state index contributed by atoms with van der Waals surface area (Å²) in [5.41, 5.74) is 1.11. The minimum atomic E-state index is 0.303. The average molecular weight is 340 g/mol. The van der Waals surface area contributed by atoms with Gasteiger partial charge in [0.05, 0.1) is 11.5 Å². The van der Waals surface area contributed by atoms with E-state index < -0.39 is 0 Å². The molecule has 7 heteroatoms. The normalized spacial score (nSPS) is 10.8. The molecule has 0 bridgehead atoms. The van der Waals surface area contributed by atoms with Gasteiger partial charge in [-0.15, -0.1) is 10.2 Å². The molecule has 20 heavy (non-hydrogen) atoms. The molecule has 0 saturated carbocycles. The van der Waals surface area contributed by atoms with Gasteiger partial charge < -0.3 is 10.1 Å². The summed E-state index contributed by atoms with van der Waals surface area (Å²) >= 11 is 3.52. The minimum Gasteiger partial charge on any atom is -0.484 e. The lowest BCUT2D eigenvalue weighted by Crippen LogP contribution is -2.15. The summed E-state index contributed by atoms with van der Waals surface area (Å²) in [5, 5.41) is 15.2. The van der Waals surface area contributed by atoms with Crippen LogP contribution in [0.25, 0.3) is 0 Å². The average Bonchev–Trinajstić information content (AvgIpc) is 2.84. The van der Waals surface area contributed by atoms with Crippen LogP contribution >= 0.6 is 15.9 Å². The molecular weight excluding hydrogens is 322 g/mol. The van der Waals surface area contributed by atoms with E-state index in [1.807, 2.05) is 18.2 Å². The van der Waals surface area contributed by atoms with Gasteiger partial charge in [-0.1, -0.05) is 19.1 Å². The summed E-state index contributed by atoms with van der Waals surface area (Å²) in [6.07, 6.45) is 1.10. The van der Waals surface area contributed by atoms with Crippen LogP contribution in [0.5, 0.6) is 5.75 Å². The van der Waals surface area contributed by atoms with Crippen molar-refractivity contribution in [3.8, 4) is 5.75 Å². The van der Waals surface area contributed by atoms with E-state index >= 15 is 0 Å². The van der Waals surface area contributed by atoms with Crippen LogP contribution < -0.4 is 10.1 Å². The highest BCUT2D eigenvalue weighted by atomic mass is 79.9. The van der Waals surface area contributed by atoms with Crippen LogP contribution in [-0.2, 0) is 20.2 Å². The van der Waals surface area contributed by atoms with E-state index in [-0.39, 0.29) is 0 Å². The van der Waals surface area contributed by atoms with E-state index in [1.165, 1.54) is 4.80 Å². The predicted octanol–water partition coefficient (Wildman–Crippen LogP) is 2.05. The van der Waals surface area contributed by atoms with Crippen molar-refractivity contribution in [2.75, 3.05) is 6.54 Å². The van der Waals surface area contributed by atoms with E-state index in [4.69, 9.17) is 4.74 Å². The Morgan fingerprint density at radius 1 is 1.40 bits per heavy atom. The molecule has 2 aromatic rings. The molecule has 0 aliphatic carbocycles. The van der Waals surface area contributed by atoms with E-state index in [0.717, 1.165) is 35.3 Å². The van der Waals surface area contributed by atoms with Crippen LogP contribution in [-0.4, -0.2) is 26.8 Å². The van der Waals surface area contributed by atoms with E-state index in [9.17, 15) is 0 Å². The molecule has 1 N–H and O–H groups in total. The van der Waals surface area contributed by atoms with Gasteiger partial charge in [-0.2, -0.15) is 4.80 Å². The molecule has 0 unspecified atom stereocenters. The molecule has 2 rings (SSSR count). The summed E-state index contributed by atoms with van der Waals surface area (Å²) in [4.78, 5) is 1.42. The number of nitrogens with zero attached hydrogens (tertiary/aromatic N) is 4. The summed E-state index contributed by atoms with van der Waals surface area (Å²) in [6, 6.07) is 6.01. The first kappa shape index (κ1) is 14.9. The topological polar surface area (TPSA) is 64.9 Å². The van der Waals surface area contributed by atoms with Gasteiger partial charge in [0.2, 0.25) is 5.82 Å². The fourth-order valence-corrected chi connectivity index (χ4v) is 2.29. The van der Waals surface area contributed by atoms with Gasteiger partial charge in [0, 0.05) is 12.1 Å². The van der Waals surface area contributed by atoms with Crippen LogP contribution in [0, 0.1) is 0 Å². The van der Waals surface area contributed by atoms with E-state index in [2.05, 4.69) is 43.6 Å². The van der Waals surface area contributed by atoms with Crippen molar-refractivity contribution in [1.82, 2.24) is 25.5 Å². The fourth-order valence-electron chi connectivity index (χ4n) is 1.77. The van der Waals surface area contributed by atoms with Gasteiger partial charge in [0.25, 0.3) is 0 Å². The predicted molar refractivity (Wildman–Crippen MR) is 79.3 cm³/mol. The number of aryl methyl sites for hydroxylation is 1.